The summed E-state index contributed by atoms with van der Waals surface area (Å²) in [5, 5.41) is 2.69. The summed E-state index contributed by atoms with van der Waals surface area (Å²) < 4.78 is 4.80. The van der Waals surface area contributed by atoms with Gasteiger partial charge in [-0.2, -0.15) is 0 Å². The number of carbonyl (C=O) groups is 2. The third-order valence-electron chi connectivity index (χ3n) is 1.92. The average Bonchev–Trinajstić information content (AvgIpc) is 2.26. The summed E-state index contributed by atoms with van der Waals surface area (Å²) in [6.45, 7) is 1.72. The number of amides is 2. The minimum Gasteiger partial charge on any atom is -0.383 e. The first kappa shape index (κ1) is 14.8. The van der Waals surface area contributed by atoms with E-state index in [-0.39, 0.29) is 24.8 Å². The van der Waals surface area contributed by atoms with Gasteiger partial charge in [-0.05, 0) is 7.05 Å². The molecule has 0 atom stereocenters. The molecule has 0 aliphatic rings. The average molecular weight is 232 g/mol. The van der Waals surface area contributed by atoms with E-state index in [0.717, 1.165) is 0 Å². The molecule has 0 aliphatic heterocycles. The molecule has 0 heterocycles. The smallest absolute Gasteiger partial charge is 0.235 e. The van der Waals surface area contributed by atoms with E-state index >= 15 is 0 Å². The van der Waals surface area contributed by atoms with Gasteiger partial charge in [0.25, 0.3) is 0 Å². The zero-order valence-electron chi connectivity index (χ0n) is 9.78. The van der Waals surface area contributed by atoms with Gasteiger partial charge in [0.1, 0.15) is 0 Å². The second kappa shape index (κ2) is 9.08. The molecule has 7 heteroatoms. The standard InChI is InChI=1S/C9H20N4O3/c1-13(5-3-8(14)12-10)7-9(15)11-4-6-16-2/h3-7,10H2,1-2H3,(H,11,15)(H,12,14). The quantitative estimate of drug-likeness (QED) is 0.196. The first-order chi connectivity index (χ1) is 7.60. The van der Waals surface area contributed by atoms with E-state index < -0.39 is 0 Å². The Labute approximate surface area is 95.3 Å². The number of hydrogen-bond donors (Lipinski definition) is 3. The number of carbonyl (C=O) groups excluding carboxylic acids is 2. The van der Waals surface area contributed by atoms with Gasteiger partial charge in [0.2, 0.25) is 11.8 Å². The predicted molar refractivity (Wildman–Crippen MR) is 59.3 cm³/mol. The third kappa shape index (κ3) is 8.16. The number of nitrogens with one attached hydrogen (secondary N) is 2. The van der Waals surface area contributed by atoms with Crippen LogP contribution in [-0.2, 0) is 14.3 Å². The molecular formula is C9H20N4O3. The summed E-state index contributed by atoms with van der Waals surface area (Å²) >= 11 is 0. The Morgan fingerprint density at radius 3 is 2.62 bits per heavy atom. The van der Waals surface area contributed by atoms with Crippen LogP contribution in [0.4, 0.5) is 0 Å². The molecule has 94 valence electrons. The Balaban J connectivity index is 3.57. The minimum absolute atomic E-state index is 0.0901. The number of hydrazine groups is 1. The Hall–Kier alpha value is -1.18. The Bertz CT molecular complexity index is 223. The second-order valence-corrected chi connectivity index (χ2v) is 3.40. The molecule has 0 aliphatic carbocycles. The highest BCUT2D eigenvalue weighted by atomic mass is 16.5. The second-order valence-electron chi connectivity index (χ2n) is 3.40. The maximum absolute atomic E-state index is 11.3. The Morgan fingerprint density at radius 2 is 2.06 bits per heavy atom. The van der Waals surface area contributed by atoms with Gasteiger partial charge in [0.05, 0.1) is 13.2 Å². The van der Waals surface area contributed by atoms with Crippen LogP contribution in [0.1, 0.15) is 6.42 Å². The molecule has 0 aromatic carbocycles. The van der Waals surface area contributed by atoms with Gasteiger partial charge in [-0.1, -0.05) is 0 Å². The molecule has 16 heavy (non-hydrogen) atoms. The Kier molecular flexibility index (Phi) is 8.41. The molecule has 0 aromatic heterocycles. The molecule has 0 radical (unpaired) electrons. The van der Waals surface area contributed by atoms with Crippen LogP contribution in [0.2, 0.25) is 0 Å². The van der Waals surface area contributed by atoms with Crippen molar-refractivity contribution in [2.45, 2.75) is 6.42 Å². The SMILES string of the molecule is COCCNC(=O)CN(C)CCC(=O)NN. The third-order valence-corrected chi connectivity index (χ3v) is 1.92. The van der Waals surface area contributed by atoms with E-state index in [1.807, 2.05) is 5.43 Å². The van der Waals surface area contributed by atoms with Gasteiger partial charge in [-0.25, -0.2) is 5.84 Å². The van der Waals surface area contributed by atoms with Crippen molar-refractivity contribution in [1.82, 2.24) is 15.6 Å². The maximum Gasteiger partial charge on any atom is 0.235 e. The van der Waals surface area contributed by atoms with Crippen LogP contribution < -0.4 is 16.6 Å². The van der Waals surface area contributed by atoms with Crippen LogP contribution in [0, 0.1) is 0 Å². The van der Waals surface area contributed by atoms with Crippen LogP contribution in [0.25, 0.3) is 0 Å². The number of nitrogens with zero attached hydrogens (tertiary/aromatic N) is 1. The fourth-order valence-corrected chi connectivity index (χ4v) is 1.04. The van der Waals surface area contributed by atoms with Crippen LogP contribution in [0.5, 0.6) is 0 Å². The van der Waals surface area contributed by atoms with Crippen molar-refractivity contribution in [2.75, 3.05) is 40.4 Å². The number of likely N-dealkylation sites (N-methyl/N-ethyl adjacent to an activating group) is 1. The fourth-order valence-electron chi connectivity index (χ4n) is 1.04. The van der Waals surface area contributed by atoms with Gasteiger partial charge >= 0.3 is 0 Å². The summed E-state index contributed by atoms with van der Waals surface area (Å²) in [5.74, 6) is 4.60. The van der Waals surface area contributed by atoms with Crippen molar-refractivity contribution >= 4 is 11.8 Å². The van der Waals surface area contributed by atoms with Crippen LogP contribution >= 0.6 is 0 Å². The Morgan fingerprint density at radius 1 is 1.38 bits per heavy atom. The van der Waals surface area contributed by atoms with E-state index in [9.17, 15) is 9.59 Å². The number of rotatable bonds is 8. The lowest BCUT2D eigenvalue weighted by Crippen LogP contribution is -2.39. The summed E-state index contributed by atoms with van der Waals surface area (Å²) in [7, 11) is 3.34. The fraction of sp³-hybridized carbons (Fsp3) is 0.778. The van der Waals surface area contributed by atoms with E-state index in [1.54, 1.807) is 19.1 Å². The lowest BCUT2D eigenvalue weighted by atomic mass is 10.3. The van der Waals surface area contributed by atoms with Crippen LogP contribution in [-0.4, -0.2) is 57.1 Å². The summed E-state index contributed by atoms with van der Waals surface area (Å²) in [6.07, 6.45) is 0.276. The molecular weight excluding hydrogens is 212 g/mol. The highest BCUT2D eigenvalue weighted by Gasteiger charge is 2.07. The molecule has 0 aromatic rings. The molecule has 0 saturated carbocycles. The van der Waals surface area contributed by atoms with E-state index in [1.165, 1.54) is 0 Å². The van der Waals surface area contributed by atoms with Gasteiger partial charge in [0.15, 0.2) is 0 Å². The summed E-state index contributed by atoms with van der Waals surface area (Å²) in [4.78, 5) is 23.9. The van der Waals surface area contributed by atoms with E-state index in [0.29, 0.717) is 19.7 Å². The first-order valence-corrected chi connectivity index (χ1v) is 5.03. The van der Waals surface area contributed by atoms with Gasteiger partial charge in [0, 0.05) is 26.6 Å². The molecule has 2 amide bonds. The first-order valence-electron chi connectivity index (χ1n) is 5.03. The predicted octanol–water partition coefficient (Wildman–Crippen LogP) is -1.94. The van der Waals surface area contributed by atoms with Crippen molar-refractivity contribution in [1.29, 1.82) is 0 Å². The van der Waals surface area contributed by atoms with Crippen molar-refractivity contribution in [2.24, 2.45) is 5.84 Å². The topological polar surface area (TPSA) is 96.7 Å². The number of methoxy groups -OCH3 is 1. The van der Waals surface area contributed by atoms with Gasteiger partial charge in [-0.3, -0.25) is 19.9 Å². The largest absolute Gasteiger partial charge is 0.383 e. The zero-order valence-corrected chi connectivity index (χ0v) is 9.78. The highest BCUT2D eigenvalue weighted by Crippen LogP contribution is 1.86. The minimum atomic E-state index is -0.244. The molecule has 0 unspecified atom stereocenters. The molecule has 7 nitrogen and oxygen atoms in total. The van der Waals surface area contributed by atoms with Gasteiger partial charge < -0.3 is 10.1 Å². The summed E-state index contributed by atoms with van der Waals surface area (Å²) in [5.41, 5.74) is 2.03. The van der Waals surface area contributed by atoms with E-state index in [2.05, 4.69) is 5.32 Å². The van der Waals surface area contributed by atoms with E-state index in [4.69, 9.17) is 10.6 Å². The lowest BCUT2D eigenvalue weighted by molar-refractivity contribution is -0.124. The zero-order chi connectivity index (χ0) is 12.4. The van der Waals surface area contributed by atoms with Crippen molar-refractivity contribution < 1.29 is 14.3 Å². The van der Waals surface area contributed by atoms with Crippen molar-refractivity contribution in [3.8, 4) is 0 Å². The molecule has 0 spiro atoms. The van der Waals surface area contributed by atoms with Crippen LogP contribution in [0.3, 0.4) is 0 Å². The molecule has 0 bridgehead atoms. The maximum atomic E-state index is 11.3. The van der Waals surface area contributed by atoms with Gasteiger partial charge in [-0.15, -0.1) is 0 Å². The van der Waals surface area contributed by atoms with Crippen LogP contribution in [0.15, 0.2) is 0 Å². The highest BCUT2D eigenvalue weighted by molar-refractivity contribution is 5.78. The molecule has 4 N–H and O–H groups in total. The normalized spacial score (nSPS) is 10.2. The number of ether oxygens (including phenoxy) is 1. The number of hydrogen-bond acceptors (Lipinski definition) is 5. The molecule has 0 saturated heterocycles. The molecule has 0 fully saturated rings. The summed E-state index contributed by atoms with van der Waals surface area (Å²) in [6, 6.07) is 0. The number of nitrogens with two attached hydrogens (primary N) is 1. The van der Waals surface area contributed by atoms with Crippen molar-refractivity contribution in [3.63, 3.8) is 0 Å². The molecule has 0 rings (SSSR count). The van der Waals surface area contributed by atoms with Crippen molar-refractivity contribution in [3.05, 3.63) is 0 Å². The monoisotopic (exact) mass is 232 g/mol. The lowest BCUT2D eigenvalue weighted by Gasteiger charge is -2.15.